The van der Waals surface area contributed by atoms with E-state index in [1.165, 1.54) is 18.2 Å². The van der Waals surface area contributed by atoms with Crippen molar-refractivity contribution in [2.24, 2.45) is 5.92 Å². The molecule has 1 aromatic rings. The number of alkyl halides is 3. The highest BCUT2D eigenvalue weighted by Crippen LogP contribution is 2.47. The van der Waals surface area contributed by atoms with Crippen molar-refractivity contribution in [3.05, 3.63) is 35.4 Å². The van der Waals surface area contributed by atoms with Crippen molar-refractivity contribution >= 4 is 17.5 Å². The predicted octanol–water partition coefficient (Wildman–Crippen LogP) is 4.56. The normalized spacial score (nSPS) is 29.4. The summed E-state index contributed by atoms with van der Waals surface area (Å²) in [6.07, 6.45) is -0.812. The summed E-state index contributed by atoms with van der Waals surface area (Å²) < 4.78 is 39.0. The molecule has 0 spiro atoms. The van der Waals surface area contributed by atoms with Crippen LogP contribution in [0.15, 0.2) is 24.3 Å². The number of carbonyl (C=O) groups is 1. The Morgan fingerprint density at radius 1 is 1.10 bits per heavy atom. The SMILES string of the molecule is O=C(c1ccccc1C(F)(F)F)C1CC2CCC(C1)S2. The molecule has 2 bridgehead atoms. The number of Topliss-reactive ketones (excluding diaryl/α,β-unsaturated/α-hetero) is 1. The van der Waals surface area contributed by atoms with Gasteiger partial charge in [-0.1, -0.05) is 18.2 Å². The molecule has 2 saturated heterocycles. The number of thioether (sulfide) groups is 1. The molecule has 2 aliphatic heterocycles. The molecule has 2 heterocycles. The summed E-state index contributed by atoms with van der Waals surface area (Å²) >= 11 is 1.90. The molecule has 3 rings (SSSR count). The number of hydrogen-bond acceptors (Lipinski definition) is 2. The summed E-state index contributed by atoms with van der Waals surface area (Å²) in [6.45, 7) is 0. The van der Waals surface area contributed by atoms with Gasteiger partial charge in [0.05, 0.1) is 5.56 Å². The lowest BCUT2D eigenvalue weighted by Gasteiger charge is -2.27. The van der Waals surface area contributed by atoms with Crippen LogP contribution >= 0.6 is 11.8 Å². The van der Waals surface area contributed by atoms with Gasteiger partial charge >= 0.3 is 6.18 Å². The zero-order valence-electron chi connectivity index (χ0n) is 10.8. The average molecular weight is 300 g/mol. The van der Waals surface area contributed by atoms with Crippen molar-refractivity contribution in [2.45, 2.75) is 42.4 Å². The van der Waals surface area contributed by atoms with E-state index in [-0.39, 0.29) is 17.3 Å². The number of rotatable bonds is 2. The van der Waals surface area contributed by atoms with E-state index in [0.717, 1.165) is 31.7 Å². The van der Waals surface area contributed by atoms with E-state index in [1.807, 2.05) is 11.8 Å². The first-order valence-corrected chi connectivity index (χ1v) is 7.75. The van der Waals surface area contributed by atoms with E-state index < -0.39 is 11.7 Å². The fourth-order valence-corrected chi connectivity index (χ4v) is 5.01. The van der Waals surface area contributed by atoms with Crippen molar-refractivity contribution < 1.29 is 18.0 Å². The van der Waals surface area contributed by atoms with E-state index >= 15 is 0 Å². The Hall–Kier alpha value is -0.970. The van der Waals surface area contributed by atoms with Crippen LogP contribution in [0, 0.1) is 5.92 Å². The Labute approximate surface area is 119 Å². The highest BCUT2D eigenvalue weighted by Gasteiger charge is 2.41. The second kappa shape index (κ2) is 5.10. The molecule has 0 radical (unpaired) electrons. The van der Waals surface area contributed by atoms with Crippen molar-refractivity contribution in [3.8, 4) is 0 Å². The lowest BCUT2D eigenvalue weighted by molar-refractivity contribution is -0.137. The Balaban J connectivity index is 1.88. The van der Waals surface area contributed by atoms with Gasteiger partial charge in [0.1, 0.15) is 0 Å². The maximum atomic E-state index is 13.0. The van der Waals surface area contributed by atoms with Crippen LogP contribution in [0.25, 0.3) is 0 Å². The van der Waals surface area contributed by atoms with Gasteiger partial charge < -0.3 is 0 Å². The lowest BCUT2D eigenvalue weighted by atomic mass is 9.88. The molecule has 2 aliphatic rings. The largest absolute Gasteiger partial charge is 0.417 e. The monoisotopic (exact) mass is 300 g/mol. The van der Waals surface area contributed by atoms with Gasteiger partial charge in [0, 0.05) is 22.0 Å². The zero-order valence-corrected chi connectivity index (χ0v) is 11.6. The predicted molar refractivity (Wildman–Crippen MR) is 72.9 cm³/mol. The fourth-order valence-electron chi connectivity index (χ4n) is 3.24. The van der Waals surface area contributed by atoms with Crippen LogP contribution in [0.1, 0.15) is 41.6 Å². The van der Waals surface area contributed by atoms with Crippen molar-refractivity contribution in [1.82, 2.24) is 0 Å². The Bertz CT molecular complexity index is 514. The van der Waals surface area contributed by atoms with Crippen LogP contribution in [-0.4, -0.2) is 16.3 Å². The number of benzene rings is 1. The summed E-state index contributed by atoms with van der Waals surface area (Å²) in [4.78, 5) is 12.5. The zero-order chi connectivity index (χ0) is 14.3. The minimum absolute atomic E-state index is 0.156. The molecule has 5 heteroatoms. The molecule has 1 nitrogen and oxygen atoms in total. The third-order valence-electron chi connectivity index (χ3n) is 4.16. The van der Waals surface area contributed by atoms with E-state index in [1.54, 1.807) is 0 Å². The van der Waals surface area contributed by atoms with Crippen LogP contribution in [0.4, 0.5) is 13.2 Å². The molecular formula is C15H15F3OS. The van der Waals surface area contributed by atoms with Gasteiger partial charge in [0.15, 0.2) is 5.78 Å². The van der Waals surface area contributed by atoms with E-state index in [0.29, 0.717) is 10.5 Å². The first-order chi connectivity index (χ1) is 9.45. The summed E-state index contributed by atoms with van der Waals surface area (Å²) in [5.74, 6) is -0.563. The van der Waals surface area contributed by atoms with Crippen LogP contribution in [-0.2, 0) is 6.18 Å². The number of carbonyl (C=O) groups excluding carboxylic acids is 1. The van der Waals surface area contributed by atoms with E-state index in [9.17, 15) is 18.0 Å². The minimum atomic E-state index is -4.46. The molecular weight excluding hydrogens is 285 g/mol. The maximum absolute atomic E-state index is 13.0. The van der Waals surface area contributed by atoms with Crippen molar-refractivity contribution in [3.63, 3.8) is 0 Å². The number of fused-ring (bicyclic) bond motifs is 2. The smallest absolute Gasteiger partial charge is 0.294 e. The second-order valence-electron chi connectivity index (χ2n) is 5.53. The maximum Gasteiger partial charge on any atom is 0.417 e. The van der Waals surface area contributed by atoms with E-state index in [2.05, 4.69) is 0 Å². The van der Waals surface area contributed by atoms with Crippen LogP contribution in [0.2, 0.25) is 0 Å². The summed E-state index contributed by atoms with van der Waals surface area (Å²) in [7, 11) is 0. The lowest BCUT2D eigenvalue weighted by Crippen LogP contribution is -2.26. The molecule has 2 atom stereocenters. The summed E-state index contributed by atoms with van der Waals surface area (Å²) in [5, 5.41) is 0.918. The highest BCUT2D eigenvalue weighted by molar-refractivity contribution is 8.00. The quantitative estimate of drug-likeness (QED) is 0.745. The van der Waals surface area contributed by atoms with Gasteiger partial charge in [-0.25, -0.2) is 0 Å². The number of ketones is 1. The first-order valence-electron chi connectivity index (χ1n) is 6.81. The average Bonchev–Trinajstić information content (AvgIpc) is 2.75. The Morgan fingerprint density at radius 2 is 1.70 bits per heavy atom. The van der Waals surface area contributed by atoms with Crippen LogP contribution in [0.3, 0.4) is 0 Å². The van der Waals surface area contributed by atoms with Crippen LogP contribution < -0.4 is 0 Å². The van der Waals surface area contributed by atoms with Crippen molar-refractivity contribution in [2.75, 3.05) is 0 Å². The summed E-state index contributed by atoms with van der Waals surface area (Å²) in [6, 6.07) is 5.16. The van der Waals surface area contributed by atoms with Gasteiger partial charge in [-0.15, -0.1) is 0 Å². The molecule has 20 heavy (non-hydrogen) atoms. The molecule has 0 amide bonds. The molecule has 2 fully saturated rings. The molecule has 0 N–H and O–H groups in total. The standard InChI is InChI=1S/C15H15F3OS/c16-15(17,18)13-4-2-1-3-12(13)14(19)9-7-10-5-6-11(8-9)20-10/h1-4,9-11H,5-8H2. The third-order valence-corrected chi connectivity index (χ3v) is 5.79. The number of hydrogen-bond donors (Lipinski definition) is 0. The Kier molecular flexibility index (Phi) is 3.56. The first kappa shape index (κ1) is 14.0. The molecule has 2 unspecified atom stereocenters. The molecule has 0 aliphatic carbocycles. The highest BCUT2D eigenvalue weighted by atomic mass is 32.2. The van der Waals surface area contributed by atoms with Gasteiger partial charge in [-0.2, -0.15) is 24.9 Å². The van der Waals surface area contributed by atoms with Crippen molar-refractivity contribution in [1.29, 1.82) is 0 Å². The van der Waals surface area contributed by atoms with Crippen LogP contribution in [0.5, 0.6) is 0 Å². The minimum Gasteiger partial charge on any atom is -0.294 e. The Morgan fingerprint density at radius 3 is 2.30 bits per heavy atom. The van der Waals surface area contributed by atoms with Gasteiger partial charge in [0.2, 0.25) is 0 Å². The van der Waals surface area contributed by atoms with Gasteiger partial charge in [0.25, 0.3) is 0 Å². The fraction of sp³-hybridized carbons (Fsp3) is 0.533. The van der Waals surface area contributed by atoms with Gasteiger partial charge in [-0.05, 0) is 31.7 Å². The molecule has 0 saturated carbocycles. The van der Waals surface area contributed by atoms with E-state index in [4.69, 9.17) is 0 Å². The summed E-state index contributed by atoms with van der Waals surface area (Å²) in [5.41, 5.74) is -0.952. The molecule has 1 aromatic carbocycles. The van der Waals surface area contributed by atoms with Gasteiger partial charge in [-0.3, -0.25) is 4.79 Å². The topological polar surface area (TPSA) is 17.1 Å². The molecule has 0 aromatic heterocycles. The second-order valence-corrected chi connectivity index (χ2v) is 7.14. The number of halogens is 3. The third kappa shape index (κ3) is 2.60. The molecule has 108 valence electrons.